The van der Waals surface area contributed by atoms with Crippen LogP contribution in [0.5, 0.6) is 0 Å². The number of hydrogen-bond donors (Lipinski definition) is 19. The number of amides is 10. The van der Waals surface area contributed by atoms with Crippen LogP contribution in [0.1, 0.15) is 157 Å². The third-order valence-electron chi connectivity index (χ3n) is 14.7. The van der Waals surface area contributed by atoms with E-state index in [1.54, 1.807) is 6.20 Å². The molecular formula is C58H84FN13O25. The second-order valence-corrected chi connectivity index (χ2v) is 22.3. The van der Waals surface area contributed by atoms with Crippen molar-refractivity contribution in [3.8, 4) is 5.69 Å². The minimum Gasteiger partial charge on any atom is -0.481 e. The highest BCUT2D eigenvalue weighted by Gasteiger charge is 2.35. The summed E-state index contributed by atoms with van der Waals surface area (Å²) in [6.07, 6.45) is -3.18. The van der Waals surface area contributed by atoms with Gasteiger partial charge in [-0.2, -0.15) is 0 Å². The van der Waals surface area contributed by atoms with E-state index in [2.05, 4.69) is 47.5 Å². The maximum atomic E-state index is 14.4. The summed E-state index contributed by atoms with van der Waals surface area (Å²) in [6, 6.07) is -7.29. The zero-order chi connectivity index (χ0) is 72.6. The first-order valence-corrected chi connectivity index (χ1v) is 30.8. The summed E-state index contributed by atoms with van der Waals surface area (Å²) in [5, 5.41) is 116. The standard InChI is InChI=1S/C58H84FN13O25/c59-28-7-8-34-32-72(71-70-34)35-14-12-33(13-15-35)48(82)69-58(25-22-42(73)60-29-4-1-9-36(49(83)84)63-55(95)66-39(52(89)90)16-19-45(76)77,26-23-43(74)61-30-5-2-10-37(50(85)86)64-56(96)67-40(53(91)92)17-20-46(78)79)27-24-44(75)62-31-6-3-11-38(51(87)88)65-57(97)68-41(54(93)94)18-21-47(80)81/h12-15,32,36-41H,1-11,16-31H2,(H,60,73)(H,61,74)(H,62,75)(H,69,82)(H,76,77)(H,78,79)(H,80,81)(H,83,84)(H,85,86)(H,87,88)(H,89,90)(H,91,92)(H,93,94)(H2,63,66,95)(H2,64,67,96)(H2,65,68,97)/t36-,37-,38-,39?,40?,41?,58?/m0/s1. The van der Waals surface area contributed by atoms with E-state index in [9.17, 15) is 112 Å². The molecule has 38 nitrogen and oxygen atoms in total. The lowest BCUT2D eigenvalue weighted by Crippen LogP contribution is -2.51. The fourth-order valence-electron chi connectivity index (χ4n) is 9.28. The Kier molecular flexibility index (Phi) is 37.3. The number of hydrogen-bond acceptors (Lipinski definition) is 18. The van der Waals surface area contributed by atoms with Gasteiger partial charge >= 0.3 is 71.8 Å². The molecule has 0 saturated heterocycles. The van der Waals surface area contributed by atoms with E-state index in [1.165, 1.54) is 28.9 Å². The number of carbonyl (C=O) groups excluding carboxylic acids is 7. The van der Waals surface area contributed by atoms with E-state index in [1.807, 2.05) is 16.0 Å². The summed E-state index contributed by atoms with van der Waals surface area (Å²) in [6.45, 7) is -0.789. The van der Waals surface area contributed by atoms with Gasteiger partial charge in [-0.3, -0.25) is 38.0 Å². The molecule has 1 aromatic carbocycles. The third kappa shape index (κ3) is 34.8. The molecule has 0 saturated carbocycles. The highest BCUT2D eigenvalue weighted by atomic mass is 19.1. The summed E-state index contributed by atoms with van der Waals surface area (Å²) >= 11 is 0. The molecule has 6 atom stereocenters. The van der Waals surface area contributed by atoms with Gasteiger partial charge in [0.15, 0.2) is 0 Å². The first-order chi connectivity index (χ1) is 45.8. The van der Waals surface area contributed by atoms with Crippen molar-refractivity contribution in [3.63, 3.8) is 0 Å². The molecule has 97 heavy (non-hydrogen) atoms. The molecule has 0 radical (unpaired) electrons. The number of aliphatic carboxylic acids is 9. The molecule has 0 spiro atoms. The van der Waals surface area contributed by atoms with Gasteiger partial charge in [0.25, 0.3) is 5.91 Å². The van der Waals surface area contributed by atoms with Crippen molar-refractivity contribution in [2.24, 2.45) is 0 Å². The molecule has 0 aliphatic carbocycles. The van der Waals surface area contributed by atoms with Gasteiger partial charge in [0.05, 0.1) is 24.3 Å². The van der Waals surface area contributed by atoms with E-state index in [-0.39, 0.29) is 128 Å². The Balaban J connectivity index is 2.39. The largest absolute Gasteiger partial charge is 0.481 e. The number of alkyl halides is 1. The predicted octanol–water partition coefficient (Wildman–Crippen LogP) is 0.0493. The van der Waals surface area contributed by atoms with E-state index < -0.39 is 182 Å². The Bertz CT molecular complexity index is 2810. The van der Waals surface area contributed by atoms with Crippen molar-refractivity contribution in [3.05, 3.63) is 41.7 Å². The van der Waals surface area contributed by atoms with E-state index in [0.29, 0.717) is 17.8 Å². The number of carboxylic acids is 9. The van der Waals surface area contributed by atoms with Crippen LogP contribution in [0, 0.1) is 0 Å². The number of rotatable bonds is 51. The first kappa shape index (κ1) is 82.3. The normalized spacial score (nSPS) is 13.3. The highest BCUT2D eigenvalue weighted by molar-refractivity contribution is 5.95. The molecule has 1 aromatic heterocycles. The quantitative estimate of drug-likeness (QED) is 0.0389. The van der Waals surface area contributed by atoms with Crippen LogP contribution in [0.2, 0.25) is 0 Å². The van der Waals surface area contributed by atoms with Crippen molar-refractivity contribution in [1.29, 1.82) is 0 Å². The van der Waals surface area contributed by atoms with Gasteiger partial charge < -0.3 is 99.1 Å². The van der Waals surface area contributed by atoms with Gasteiger partial charge in [-0.25, -0.2) is 47.8 Å². The molecule has 39 heteroatoms. The Morgan fingerprint density at radius 2 is 0.722 bits per heavy atom. The summed E-state index contributed by atoms with van der Waals surface area (Å²) in [4.78, 5) is 196. The number of unbranched alkanes of at least 4 members (excludes halogenated alkanes) is 3. The van der Waals surface area contributed by atoms with Gasteiger partial charge in [0, 0.05) is 69.3 Å². The fraction of sp³-hybridized carbons (Fsp3) is 0.586. The number of aryl methyl sites for hydroxylation is 1. The van der Waals surface area contributed by atoms with E-state index in [0.717, 1.165) is 0 Å². The van der Waals surface area contributed by atoms with Crippen LogP contribution >= 0.6 is 0 Å². The topological polar surface area (TPSA) is 606 Å². The van der Waals surface area contributed by atoms with Crippen LogP contribution in [-0.4, -0.2) is 224 Å². The maximum Gasteiger partial charge on any atom is 0.326 e. The average molecular weight is 1380 g/mol. The van der Waals surface area contributed by atoms with Crippen molar-refractivity contribution >= 4 is 95.4 Å². The summed E-state index contributed by atoms with van der Waals surface area (Å²) in [5.41, 5.74) is -0.594. The van der Waals surface area contributed by atoms with Crippen LogP contribution in [0.15, 0.2) is 30.5 Å². The lowest BCUT2D eigenvalue weighted by atomic mass is 9.82. The second kappa shape index (κ2) is 44.0. The first-order valence-electron chi connectivity index (χ1n) is 30.8. The monoisotopic (exact) mass is 1380 g/mol. The number of nitrogens with zero attached hydrogens (tertiary/aromatic N) is 3. The molecule has 2 rings (SSSR count). The van der Waals surface area contributed by atoms with Crippen LogP contribution in [0.4, 0.5) is 18.8 Å². The smallest absolute Gasteiger partial charge is 0.326 e. The summed E-state index contributed by atoms with van der Waals surface area (Å²) < 4.78 is 14.3. The number of aromatic nitrogens is 3. The van der Waals surface area contributed by atoms with E-state index in [4.69, 9.17) is 15.3 Å². The minimum absolute atomic E-state index is 0.0498. The highest BCUT2D eigenvalue weighted by Crippen LogP contribution is 2.27. The summed E-state index contributed by atoms with van der Waals surface area (Å²) in [7, 11) is 0. The number of nitrogens with one attached hydrogen (secondary N) is 10. The molecule has 0 bridgehead atoms. The summed E-state index contributed by atoms with van der Waals surface area (Å²) in [5.74, 6) is -15.8. The van der Waals surface area contributed by atoms with Crippen LogP contribution in [0.3, 0.4) is 0 Å². The molecule has 2 aromatic rings. The number of carboxylic acid groups (broad SMARTS) is 9. The van der Waals surface area contributed by atoms with Gasteiger partial charge in [-0.05, 0) is 133 Å². The average Bonchev–Trinajstić information content (AvgIpc) is 1.83. The molecule has 19 N–H and O–H groups in total. The minimum atomic E-state index is -1.65. The number of halogens is 1. The van der Waals surface area contributed by atoms with Crippen LogP contribution < -0.4 is 53.2 Å². The number of benzene rings is 1. The van der Waals surface area contributed by atoms with Crippen LogP contribution in [0.25, 0.3) is 5.69 Å². The molecule has 0 aliphatic heterocycles. The van der Waals surface area contributed by atoms with Crippen LogP contribution in [-0.2, 0) is 64.0 Å². The van der Waals surface area contributed by atoms with Gasteiger partial charge in [-0.1, -0.05) is 5.21 Å². The fourth-order valence-corrected chi connectivity index (χ4v) is 9.28. The molecule has 10 amide bonds. The number of carbonyl (C=O) groups is 16. The Morgan fingerprint density at radius 1 is 0.412 bits per heavy atom. The van der Waals surface area contributed by atoms with Crippen molar-refractivity contribution < 1.29 is 127 Å². The Morgan fingerprint density at radius 3 is 1.01 bits per heavy atom. The van der Waals surface area contributed by atoms with Crippen molar-refractivity contribution in [2.75, 3.05) is 26.3 Å². The molecule has 0 fully saturated rings. The van der Waals surface area contributed by atoms with Crippen molar-refractivity contribution in [1.82, 2.24) is 68.2 Å². The molecule has 3 unspecified atom stereocenters. The van der Waals surface area contributed by atoms with Gasteiger partial charge in [-0.15, -0.1) is 5.10 Å². The second-order valence-electron chi connectivity index (χ2n) is 22.3. The Hall–Kier alpha value is -10.8. The molecule has 0 aliphatic rings. The zero-order valence-corrected chi connectivity index (χ0v) is 52.7. The maximum absolute atomic E-state index is 14.4. The van der Waals surface area contributed by atoms with E-state index >= 15 is 0 Å². The lowest BCUT2D eigenvalue weighted by molar-refractivity contribution is -0.142. The van der Waals surface area contributed by atoms with Gasteiger partial charge in [0.1, 0.15) is 36.3 Å². The Labute approximate surface area is 552 Å². The number of urea groups is 3. The lowest BCUT2D eigenvalue weighted by Gasteiger charge is -2.35. The molecule has 1 heterocycles. The predicted molar refractivity (Wildman–Crippen MR) is 328 cm³/mol. The van der Waals surface area contributed by atoms with Crippen molar-refractivity contribution in [2.45, 2.75) is 189 Å². The molecular weight excluding hydrogens is 1300 g/mol. The van der Waals surface area contributed by atoms with Gasteiger partial charge in [0.2, 0.25) is 17.7 Å². The SMILES string of the molecule is O=C(O)CCC(NC(=O)N[C@@H](CCCCNC(=O)CCC(CCC(=O)NCCCC[C@H](NC(=O)NC(CCC(=O)O)C(=O)O)C(=O)O)(CCC(=O)NCCCC[C@H](NC(=O)NC(CCC(=O)O)C(=O)O)C(=O)O)NC(=O)c1ccc(-n2cc(CCCF)nn2)cc1)C(=O)O)C(=O)O. The molecule has 538 valence electrons. The third-order valence-corrected chi connectivity index (χ3v) is 14.7. The zero-order valence-electron chi connectivity index (χ0n) is 52.7.